The van der Waals surface area contributed by atoms with Crippen molar-refractivity contribution in [1.82, 2.24) is 4.98 Å². The summed E-state index contributed by atoms with van der Waals surface area (Å²) in [5.41, 5.74) is 2.73. The minimum absolute atomic E-state index is 0.280. The first-order valence-electron chi connectivity index (χ1n) is 12.5. The highest BCUT2D eigenvalue weighted by Gasteiger charge is 2.56. The molecule has 2 aliphatic rings. The Morgan fingerprint density at radius 1 is 1.05 bits per heavy atom. The molecule has 3 aromatic carbocycles. The first-order chi connectivity index (χ1) is 19.7. The van der Waals surface area contributed by atoms with Crippen LogP contribution in [-0.4, -0.2) is 34.6 Å². The molecule has 1 aromatic heterocycles. The molecule has 0 aliphatic carbocycles. The first-order valence-corrected chi connectivity index (χ1v) is 15.4. The van der Waals surface area contributed by atoms with E-state index in [4.69, 9.17) is 16.3 Å². The Kier molecular flexibility index (Phi) is 7.54. The van der Waals surface area contributed by atoms with Gasteiger partial charge < -0.3 is 15.0 Å². The van der Waals surface area contributed by atoms with E-state index in [-0.39, 0.29) is 29.2 Å². The van der Waals surface area contributed by atoms with Crippen LogP contribution in [0.5, 0.6) is 5.75 Å². The summed E-state index contributed by atoms with van der Waals surface area (Å²) in [5, 5.41) is 3.08. The van der Waals surface area contributed by atoms with Crippen molar-refractivity contribution in [2.24, 2.45) is 5.92 Å². The fourth-order valence-electron chi connectivity index (χ4n) is 5.07. The maximum atomic E-state index is 14.0. The molecule has 1 fully saturated rings. The van der Waals surface area contributed by atoms with Crippen LogP contribution in [0.15, 0.2) is 81.0 Å². The second-order valence-corrected chi connectivity index (χ2v) is 13.1. The van der Waals surface area contributed by atoms with Crippen molar-refractivity contribution in [3.05, 3.63) is 102 Å². The van der Waals surface area contributed by atoms with Gasteiger partial charge in [0.1, 0.15) is 11.0 Å². The number of H-pyrrole nitrogens is 1. The maximum absolute atomic E-state index is 14.0. The van der Waals surface area contributed by atoms with Crippen molar-refractivity contribution in [3.63, 3.8) is 0 Å². The lowest BCUT2D eigenvalue weighted by Crippen LogP contribution is -2.32. The van der Waals surface area contributed by atoms with Crippen LogP contribution < -0.4 is 19.8 Å². The lowest BCUT2D eigenvalue weighted by Gasteiger charge is -2.31. The van der Waals surface area contributed by atoms with Gasteiger partial charge in [0.2, 0.25) is 11.8 Å². The number of fused-ring (bicyclic) bond motifs is 2. The number of thioether (sulfide) groups is 1. The second kappa shape index (κ2) is 11.1. The van der Waals surface area contributed by atoms with Gasteiger partial charge in [-0.2, -0.15) is 0 Å². The molecule has 41 heavy (non-hydrogen) atoms. The molecule has 1 saturated heterocycles. The number of nitrogens with zero attached hydrogens (tertiary/aromatic N) is 1. The zero-order chi connectivity index (χ0) is 28.8. The minimum Gasteiger partial charge on any atom is -0.483 e. The molecule has 6 rings (SSSR count). The number of anilines is 2. The molecule has 208 valence electrons. The van der Waals surface area contributed by atoms with Gasteiger partial charge in [-0.25, -0.2) is 4.90 Å². The zero-order valence-electron chi connectivity index (χ0n) is 21.4. The Balaban J connectivity index is 1.36. The highest BCUT2D eigenvalue weighted by molar-refractivity contribution is 9.10. The number of amides is 3. The summed E-state index contributed by atoms with van der Waals surface area (Å²) in [6.07, 6.45) is 0. The Hall–Kier alpha value is -3.38. The Morgan fingerprint density at radius 2 is 1.78 bits per heavy atom. The quantitative estimate of drug-likeness (QED) is 0.245. The van der Waals surface area contributed by atoms with Gasteiger partial charge in [0.15, 0.2) is 6.61 Å². The average molecular weight is 671 g/mol. The number of carbonyl (C=O) groups excluding carboxylic acids is 3. The number of imide groups is 1. The Morgan fingerprint density at radius 3 is 2.51 bits per heavy atom. The fraction of sp³-hybridized carbons (Fsp3) is 0.172. The smallest absolute Gasteiger partial charge is 0.305 e. The highest BCUT2D eigenvalue weighted by Crippen LogP contribution is 2.54. The molecule has 0 unspecified atom stereocenters. The van der Waals surface area contributed by atoms with E-state index in [0.29, 0.717) is 37.6 Å². The van der Waals surface area contributed by atoms with Gasteiger partial charge in [-0.15, -0.1) is 0 Å². The third kappa shape index (κ3) is 5.34. The molecule has 3 heterocycles. The number of nitrogens with one attached hydrogen (secondary N) is 2. The topological polar surface area (TPSA) is 109 Å². The lowest BCUT2D eigenvalue weighted by molar-refractivity contribution is -0.122. The number of hydrogen-bond acceptors (Lipinski definition) is 7. The number of ether oxygens (including phenoxy) is 1. The van der Waals surface area contributed by atoms with Crippen LogP contribution in [-0.2, 0) is 14.4 Å². The summed E-state index contributed by atoms with van der Waals surface area (Å²) < 4.78 is 6.73. The molecule has 0 radical (unpaired) electrons. The van der Waals surface area contributed by atoms with Gasteiger partial charge in [-0.05, 0) is 61.5 Å². The summed E-state index contributed by atoms with van der Waals surface area (Å²) in [6.45, 7) is 1.68. The number of rotatable bonds is 6. The second-order valence-electron chi connectivity index (χ2n) is 9.62. The van der Waals surface area contributed by atoms with Crippen molar-refractivity contribution in [2.75, 3.05) is 16.8 Å². The predicted octanol–water partition coefficient (Wildman–Crippen LogP) is 5.97. The SMILES string of the molecule is Cc1ccc(NC(=O)COc2ccc(Br)cc2[C@@H]2c3sc(=O)[nH]c3S[C@H]3C(=O)N(c4ccc(Cl)cc4)C(=O)[C@@H]23)cc1. The standard InChI is InChI=1S/C29H21BrClN3O5S2/c1-14-2-7-17(8-3-14)32-21(35)13-39-20-11-4-15(30)12-19(20)22-23-25(40-26-24(22)41-29(38)33-26)28(37)34(27(23)36)18-9-5-16(31)6-10-18/h2-12,22-23,25H,13H2,1H3,(H,32,35)(H,33,38)/t22-,23-,25+/m0/s1. The molecule has 0 spiro atoms. The highest BCUT2D eigenvalue weighted by atomic mass is 79.9. The number of halogens is 2. The van der Waals surface area contributed by atoms with Crippen molar-refractivity contribution >= 4 is 79.7 Å². The summed E-state index contributed by atoms with van der Waals surface area (Å²) in [7, 11) is 0. The molecule has 2 N–H and O–H groups in total. The van der Waals surface area contributed by atoms with Gasteiger partial charge in [0, 0.05) is 31.5 Å². The molecule has 8 nitrogen and oxygen atoms in total. The fourth-order valence-corrected chi connectivity index (χ4v) is 8.08. The number of aromatic nitrogens is 1. The number of hydrogen-bond donors (Lipinski definition) is 2. The molecular formula is C29H21BrClN3O5S2. The van der Waals surface area contributed by atoms with Crippen molar-refractivity contribution < 1.29 is 19.1 Å². The van der Waals surface area contributed by atoms with Crippen LogP contribution in [0.25, 0.3) is 0 Å². The van der Waals surface area contributed by atoms with Crippen molar-refractivity contribution in [2.45, 2.75) is 23.1 Å². The molecule has 3 amide bonds. The zero-order valence-corrected chi connectivity index (χ0v) is 25.3. The minimum atomic E-state index is -0.805. The van der Waals surface area contributed by atoms with E-state index in [2.05, 4.69) is 26.2 Å². The number of thiazole rings is 1. The van der Waals surface area contributed by atoms with Crippen LogP contribution in [0.2, 0.25) is 5.02 Å². The third-order valence-electron chi connectivity index (χ3n) is 6.91. The van der Waals surface area contributed by atoms with Crippen LogP contribution >= 0.6 is 50.6 Å². The molecule has 2 aliphatic heterocycles. The van der Waals surface area contributed by atoms with Crippen LogP contribution in [0, 0.1) is 12.8 Å². The molecule has 12 heteroatoms. The van der Waals surface area contributed by atoms with Crippen molar-refractivity contribution in [3.8, 4) is 5.75 Å². The number of aryl methyl sites for hydroxylation is 1. The molecule has 3 atom stereocenters. The summed E-state index contributed by atoms with van der Waals surface area (Å²) in [4.78, 5) is 57.2. The van der Waals surface area contributed by atoms with Crippen LogP contribution in [0.4, 0.5) is 11.4 Å². The van der Waals surface area contributed by atoms with Gasteiger partial charge in [0.05, 0.1) is 16.6 Å². The van der Waals surface area contributed by atoms with E-state index in [0.717, 1.165) is 21.4 Å². The van der Waals surface area contributed by atoms with E-state index < -0.39 is 17.1 Å². The molecule has 0 bridgehead atoms. The van der Waals surface area contributed by atoms with Crippen LogP contribution in [0.3, 0.4) is 0 Å². The Labute approximate surface area is 256 Å². The van der Waals surface area contributed by atoms with E-state index in [1.807, 2.05) is 37.3 Å². The lowest BCUT2D eigenvalue weighted by atomic mass is 9.82. The molecule has 4 aromatic rings. The summed E-state index contributed by atoms with van der Waals surface area (Å²) in [6, 6.07) is 19.2. The van der Waals surface area contributed by atoms with E-state index in [1.165, 1.54) is 16.7 Å². The van der Waals surface area contributed by atoms with E-state index in [9.17, 15) is 19.2 Å². The van der Waals surface area contributed by atoms with Crippen LogP contribution in [0.1, 0.15) is 21.9 Å². The van der Waals surface area contributed by atoms with Gasteiger partial charge >= 0.3 is 4.87 Å². The third-order valence-corrected chi connectivity index (χ3v) is 10.1. The average Bonchev–Trinajstić information content (AvgIpc) is 3.44. The maximum Gasteiger partial charge on any atom is 0.305 e. The predicted molar refractivity (Wildman–Crippen MR) is 163 cm³/mol. The van der Waals surface area contributed by atoms with E-state index >= 15 is 0 Å². The van der Waals surface area contributed by atoms with Gasteiger partial charge in [0.25, 0.3) is 5.91 Å². The van der Waals surface area contributed by atoms with E-state index in [1.54, 1.807) is 36.4 Å². The monoisotopic (exact) mass is 669 g/mol. The summed E-state index contributed by atoms with van der Waals surface area (Å²) >= 11 is 11.7. The molecule has 0 saturated carbocycles. The first kappa shape index (κ1) is 27.8. The number of aromatic amines is 1. The normalized spacial score (nSPS) is 19.6. The largest absolute Gasteiger partial charge is 0.483 e. The van der Waals surface area contributed by atoms with Gasteiger partial charge in [-0.1, -0.05) is 68.3 Å². The number of benzene rings is 3. The molecular weight excluding hydrogens is 650 g/mol. The van der Waals surface area contributed by atoms with Gasteiger partial charge in [-0.3, -0.25) is 19.2 Å². The van der Waals surface area contributed by atoms with Crippen molar-refractivity contribution in [1.29, 1.82) is 0 Å². The Bertz CT molecular complexity index is 1740. The summed E-state index contributed by atoms with van der Waals surface area (Å²) in [5.74, 6) is -2.20. The number of carbonyl (C=O) groups is 3.